The predicted molar refractivity (Wildman–Crippen MR) is 79.9 cm³/mol. The van der Waals surface area contributed by atoms with Crippen LogP contribution in [0.2, 0.25) is 0 Å². The first-order valence-electron chi connectivity index (χ1n) is 6.29. The number of thiocarbonyl (C=S) groups is 1. The average Bonchev–Trinajstić information content (AvgIpc) is 2.36. The second-order valence-corrected chi connectivity index (χ2v) is 6.35. The summed E-state index contributed by atoms with van der Waals surface area (Å²) in [6.45, 7) is 5.20. The first-order valence-corrected chi connectivity index (χ1v) is 7.85. The number of carbonyl (C=O) groups is 1. The van der Waals surface area contributed by atoms with Gasteiger partial charge in [0.15, 0.2) is 0 Å². The van der Waals surface area contributed by atoms with Crippen molar-refractivity contribution < 1.29 is 9.53 Å². The Bertz CT molecular complexity index is 304. The minimum Gasteiger partial charge on any atom is -0.392 e. The molecule has 1 heterocycles. The number of thioether (sulfide) groups is 1. The normalized spacial score (nSPS) is 20.1. The van der Waals surface area contributed by atoms with Gasteiger partial charge in [-0.1, -0.05) is 19.1 Å². The fourth-order valence-corrected chi connectivity index (χ4v) is 2.97. The zero-order chi connectivity index (χ0) is 13.6. The Morgan fingerprint density at radius 2 is 2.17 bits per heavy atom. The van der Waals surface area contributed by atoms with Crippen molar-refractivity contribution in [1.82, 2.24) is 5.32 Å². The maximum Gasteiger partial charge on any atom is 0.233 e. The van der Waals surface area contributed by atoms with E-state index in [4.69, 9.17) is 22.7 Å². The molecule has 1 amide bonds. The molecule has 0 aromatic rings. The molecule has 1 saturated heterocycles. The lowest BCUT2D eigenvalue weighted by molar-refractivity contribution is -0.131. The molecule has 0 spiro atoms. The largest absolute Gasteiger partial charge is 0.392 e. The number of amides is 1. The Morgan fingerprint density at radius 1 is 1.56 bits per heavy atom. The summed E-state index contributed by atoms with van der Waals surface area (Å²) in [4.78, 5) is 12.7. The van der Waals surface area contributed by atoms with Crippen LogP contribution in [0.25, 0.3) is 0 Å². The van der Waals surface area contributed by atoms with E-state index >= 15 is 0 Å². The molecule has 18 heavy (non-hydrogen) atoms. The Balaban J connectivity index is 2.63. The number of hydrogen-bond acceptors (Lipinski definition) is 4. The van der Waals surface area contributed by atoms with Crippen molar-refractivity contribution in [2.75, 3.05) is 24.7 Å². The predicted octanol–water partition coefficient (Wildman–Crippen LogP) is 1.33. The molecule has 0 aromatic heterocycles. The highest BCUT2D eigenvalue weighted by molar-refractivity contribution is 7.99. The molecule has 0 aliphatic carbocycles. The lowest BCUT2D eigenvalue weighted by atomic mass is 9.79. The van der Waals surface area contributed by atoms with Gasteiger partial charge in [0.05, 0.1) is 4.99 Å². The van der Waals surface area contributed by atoms with Crippen LogP contribution in [0.15, 0.2) is 0 Å². The van der Waals surface area contributed by atoms with Gasteiger partial charge in [0.25, 0.3) is 0 Å². The van der Waals surface area contributed by atoms with Gasteiger partial charge in [-0.2, -0.15) is 11.8 Å². The van der Waals surface area contributed by atoms with Crippen molar-refractivity contribution >= 4 is 34.9 Å². The lowest BCUT2D eigenvalue weighted by Gasteiger charge is -2.35. The van der Waals surface area contributed by atoms with Crippen LogP contribution in [0.1, 0.15) is 26.7 Å². The topological polar surface area (TPSA) is 64.4 Å². The molecule has 1 unspecified atom stereocenters. The average molecular weight is 290 g/mol. The van der Waals surface area contributed by atoms with Crippen LogP contribution in [0.5, 0.6) is 0 Å². The molecule has 1 fully saturated rings. The number of nitrogens with two attached hydrogens (primary N) is 1. The van der Waals surface area contributed by atoms with E-state index in [-0.39, 0.29) is 11.9 Å². The van der Waals surface area contributed by atoms with E-state index in [9.17, 15) is 4.79 Å². The highest BCUT2D eigenvalue weighted by atomic mass is 32.2. The molecule has 0 radical (unpaired) electrons. The number of ether oxygens (including phenoxy) is 1. The Kier molecular flexibility index (Phi) is 6.38. The molecule has 6 heteroatoms. The SMILES string of the molecule is CCSCC(C)NC(=O)C1(C(N)=S)CCOCC1. The molecule has 0 aromatic carbocycles. The van der Waals surface area contributed by atoms with Crippen LogP contribution in [0.3, 0.4) is 0 Å². The Labute approximate surface area is 118 Å². The molecular formula is C12H22N2O2S2. The van der Waals surface area contributed by atoms with Crippen LogP contribution < -0.4 is 11.1 Å². The zero-order valence-electron chi connectivity index (χ0n) is 11.0. The Hall–Kier alpha value is -0.330. The summed E-state index contributed by atoms with van der Waals surface area (Å²) in [6.07, 6.45) is 1.17. The second kappa shape index (κ2) is 7.31. The summed E-state index contributed by atoms with van der Waals surface area (Å²) < 4.78 is 5.30. The summed E-state index contributed by atoms with van der Waals surface area (Å²) in [6, 6.07) is 0.136. The summed E-state index contributed by atoms with van der Waals surface area (Å²) in [5.41, 5.74) is 5.08. The van der Waals surface area contributed by atoms with E-state index in [1.165, 1.54) is 0 Å². The lowest BCUT2D eigenvalue weighted by Crippen LogP contribution is -2.54. The van der Waals surface area contributed by atoms with Gasteiger partial charge in [-0.05, 0) is 25.5 Å². The third kappa shape index (κ3) is 3.83. The van der Waals surface area contributed by atoms with E-state index in [0.717, 1.165) is 11.5 Å². The van der Waals surface area contributed by atoms with Crippen molar-refractivity contribution in [1.29, 1.82) is 0 Å². The number of rotatable bonds is 6. The van der Waals surface area contributed by atoms with Gasteiger partial charge in [0.1, 0.15) is 5.41 Å². The molecule has 1 rings (SSSR count). The van der Waals surface area contributed by atoms with Crippen LogP contribution in [0.4, 0.5) is 0 Å². The Morgan fingerprint density at radius 3 is 2.67 bits per heavy atom. The molecular weight excluding hydrogens is 268 g/mol. The van der Waals surface area contributed by atoms with Crippen LogP contribution in [0, 0.1) is 5.41 Å². The van der Waals surface area contributed by atoms with Crippen molar-refractivity contribution in [2.24, 2.45) is 11.1 Å². The summed E-state index contributed by atoms with van der Waals surface area (Å²) in [7, 11) is 0. The van der Waals surface area contributed by atoms with Gasteiger partial charge in [-0.15, -0.1) is 0 Å². The number of hydrogen-bond donors (Lipinski definition) is 2. The maximum atomic E-state index is 12.4. The number of nitrogens with one attached hydrogen (secondary N) is 1. The quantitative estimate of drug-likeness (QED) is 0.723. The maximum absolute atomic E-state index is 12.4. The van der Waals surface area contributed by atoms with Crippen LogP contribution in [-0.2, 0) is 9.53 Å². The minimum absolute atomic E-state index is 0.0393. The van der Waals surface area contributed by atoms with Gasteiger partial charge >= 0.3 is 0 Å². The molecule has 3 N–H and O–H groups in total. The molecule has 1 atom stereocenters. The monoisotopic (exact) mass is 290 g/mol. The number of carbonyl (C=O) groups excluding carboxylic acids is 1. The zero-order valence-corrected chi connectivity index (χ0v) is 12.7. The van der Waals surface area contributed by atoms with Crippen molar-refractivity contribution in [2.45, 2.75) is 32.7 Å². The summed E-state index contributed by atoms with van der Waals surface area (Å²) >= 11 is 6.91. The van der Waals surface area contributed by atoms with Crippen molar-refractivity contribution in [3.05, 3.63) is 0 Å². The molecule has 1 aliphatic rings. The third-order valence-electron chi connectivity index (χ3n) is 3.20. The van der Waals surface area contributed by atoms with Crippen molar-refractivity contribution in [3.8, 4) is 0 Å². The molecule has 104 valence electrons. The van der Waals surface area contributed by atoms with Crippen LogP contribution >= 0.6 is 24.0 Å². The van der Waals surface area contributed by atoms with E-state index in [0.29, 0.717) is 31.0 Å². The first-order chi connectivity index (χ1) is 8.53. The summed E-state index contributed by atoms with van der Waals surface area (Å²) in [5, 5.41) is 3.02. The smallest absolute Gasteiger partial charge is 0.233 e. The molecule has 0 saturated carbocycles. The van der Waals surface area contributed by atoms with E-state index in [2.05, 4.69) is 12.2 Å². The van der Waals surface area contributed by atoms with Crippen molar-refractivity contribution in [3.63, 3.8) is 0 Å². The van der Waals surface area contributed by atoms with Crippen LogP contribution in [-0.4, -0.2) is 41.7 Å². The van der Waals surface area contributed by atoms with Gasteiger partial charge < -0.3 is 15.8 Å². The minimum atomic E-state index is -0.710. The van der Waals surface area contributed by atoms with E-state index in [1.807, 2.05) is 18.7 Å². The summed E-state index contributed by atoms with van der Waals surface area (Å²) in [5.74, 6) is 1.92. The first kappa shape index (κ1) is 15.7. The third-order valence-corrected chi connectivity index (χ3v) is 4.74. The van der Waals surface area contributed by atoms with E-state index < -0.39 is 5.41 Å². The standard InChI is InChI=1S/C12H22N2O2S2/c1-3-18-8-9(2)14-11(15)12(10(13)17)4-6-16-7-5-12/h9H,3-8H2,1-2H3,(H2,13,17)(H,14,15). The fourth-order valence-electron chi connectivity index (χ4n) is 2.00. The van der Waals surface area contributed by atoms with Gasteiger partial charge in [-0.25, -0.2) is 0 Å². The van der Waals surface area contributed by atoms with Gasteiger partial charge in [0, 0.05) is 25.0 Å². The van der Waals surface area contributed by atoms with E-state index in [1.54, 1.807) is 0 Å². The molecule has 4 nitrogen and oxygen atoms in total. The molecule has 0 bridgehead atoms. The van der Waals surface area contributed by atoms with Gasteiger partial charge in [-0.3, -0.25) is 4.79 Å². The van der Waals surface area contributed by atoms with Gasteiger partial charge in [0.2, 0.25) is 5.91 Å². The highest BCUT2D eigenvalue weighted by Gasteiger charge is 2.43. The second-order valence-electron chi connectivity index (χ2n) is 4.59. The highest BCUT2D eigenvalue weighted by Crippen LogP contribution is 2.31. The fraction of sp³-hybridized carbons (Fsp3) is 0.833. The molecule has 1 aliphatic heterocycles.